The molecule has 0 saturated heterocycles. The lowest BCUT2D eigenvalue weighted by atomic mass is 10.1. The number of halogens is 3. The highest BCUT2D eigenvalue weighted by atomic mass is 127. The number of anilines is 2. The van der Waals surface area contributed by atoms with Crippen LogP contribution in [-0.4, -0.2) is 13.6 Å². The van der Waals surface area contributed by atoms with Crippen LogP contribution in [-0.2, 0) is 10.0 Å². The number of sulfonamides is 1. The first-order valence-corrected chi connectivity index (χ1v) is 9.93. The minimum atomic E-state index is -4.31. The summed E-state index contributed by atoms with van der Waals surface area (Å²) in [4.78, 5) is 10.6. The zero-order valence-corrected chi connectivity index (χ0v) is 16.4. The Hall–Kier alpha value is -1.89. The van der Waals surface area contributed by atoms with Crippen LogP contribution >= 0.6 is 34.2 Å². The minimum absolute atomic E-state index is 0.143. The van der Waals surface area contributed by atoms with Crippen molar-refractivity contribution in [1.29, 1.82) is 0 Å². The van der Waals surface area contributed by atoms with Gasteiger partial charge in [-0.15, -0.1) is 0 Å². The fourth-order valence-electron chi connectivity index (χ4n) is 2.25. The van der Waals surface area contributed by atoms with Gasteiger partial charge in [0.25, 0.3) is 0 Å². The van der Waals surface area contributed by atoms with Gasteiger partial charge in [0, 0.05) is 9.13 Å². The summed E-state index contributed by atoms with van der Waals surface area (Å²) in [5.41, 5.74) is 0.247. The summed E-state index contributed by atoms with van der Waals surface area (Å²) in [5.74, 6) is -1.05. The van der Waals surface area contributed by atoms with Gasteiger partial charge < -0.3 is 9.84 Å². The normalized spacial score (nSPS) is 11.5. The molecule has 3 aromatic rings. The Kier molecular flexibility index (Phi) is 5.10. The van der Waals surface area contributed by atoms with Crippen LogP contribution in [0, 0.1) is 9.39 Å². The van der Waals surface area contributed by atoms with Crippen LogP contribution in [0.1, 0.15) is 0 Å². The number of hydrogen-bond acceptors (Lipinski definition) is 5. The molecule has 11 heteroatoms. The van der Waals surface area contributed by atoms with E-state index >= 15 is 0 Å². The van der Waals surface area contributed by atoms with Gasteiger partial charge in [-0.25, -0.2) is 27.9 Å². The highest BCUT2D eigenvalue weighted by molar-refractivity contribution is 14.1. The monoisotopic (exact) mass is 509 g/mol. The van der Waals surface area contributed by atoms with Gasteiger partial charge in [-0.1, -0.05) is 11.6 Å². The van der Waals surface area contributed by atoms with E-state index in [2.05, 4.69) is 37.6 Å². The molecule has 0 fully saturated rings. The maximum atomic E-state index is 14.3. The molecule has 0 aliphatic heterocycles. The minimum Gasteiger partial charge on any atom is -0.354 e. The van der Waals surface area contributed by atoms with Crippen molar-refractivity contribution in [3.63, 3.8) is 0 Å². The zero-order chi connectivity index (χ0) is 19.1. The Morgan fingerprint density at radius 2 is 1.92 bits per heavy atom. The van der Waals surface area contributed by atoms with Crippen molar-refractivity contribution in [2.45, 2.75) is 4.90 Å². The molecular formula is C15H10ClFIN3O4S. The van der Waals surface area contributed by atoms with Crippen molar-refractivity contribution < 1.29 is 17.3 Å². The van der Waals surface area contributed by atoms with E-state index in [0.29, 0.717) is 10.7 Å². The Morgan fingerprint density at radius 1 is 1.19 bits per heavy atom. The van der Waals surface area contributed by atoms with Crippen molar-refractivity contribution >= 4 is 55.6 Å². The highest BCUT2D eigenvalue weighted by Crippen LogP contribution is 2.35. The molecule has 1 heterocycles. The Bertz CT molecular complexity index is 1160. The second kappa shape index (κ2) is 7.02. The lowest BCUT2D eigenvalue weighted by Crippen LogP contribution is -2.14. The van der Waals surface area contributed by atoms with Crippen LogP contribution in [0.15, 0.2) is 50.6 Å². The summed E-state index contributed by atoms with van der Waals surface area (Å²) in [6.07, 6.45) is 0. The van der Waals surface area contributed by atoms with Gasteiger partial charge >= 0.3 is 5.63 Å². The number of H-pyrrole nitrogens is 1. The molecule has 0 bridgehead atoms. The van der Waals surface area contributed by atoms with E-state index in [-0.39, 0.29) is 16.9 Å². The van der Waals surface area contributed by atoms with E-state index in [1.807, 2.05) is 0 Å². The van der Waals surface area contributed by atoms with Crippen molar-refractivity contribution in [1.82, 2.24) is 5.16 Å². The second-order valence-electron chi connectivity index (χ2n) is 5.20. The maximum absolute atomic E-state index is 14.3. The van der Waals surface area contributed by atoms with Gasteiger partial charge in [0.2, 0.25) is 10.0 Å². The predicted molar refractivity (Wildman–Crippen MR) is 104 cm³/mol. The first kappa shape index (κ1) is 18.9. The van der Waals surface area contributed by atoms with Gasteiger partial charge in [-0.05, 0) is 52.9 Å². The lowest BCUT2D eigenvalue weighted by Gasteiger charge is -2.14. The topological polar surface area (TPSA) is 118 Å². The van der Waals surface area contributed by atoms with Crippen molar-refractivity contribution in [3.05, 3.63) is 61.2 Å². The van der Waals surface area contributed by atoms with E-state index in [9.17, 15) is 17.6 Å². The van der Waals surface area contributed by atoms with Crippen molar-refractivity contribution in [3.8, 4) is 11.3 Å². The third-order valence-corrected chi connectivity index (χ3v) is 5.30. The fraction of sp³-hybridized carbons (Fsp3) is 0. The van der Waals surface area contributed by atoms with Crippen LogP contribution in [0.2, 0.25) is 5.02 Å². The number of nitrogens with two attached hydrogens (primary N) is 1. The smallest absolute Gasteiger partial charge is 0.354 e. The molecule has 4 N–H and O–H groups in total. The molecule has 0 amide bonds. The molecule has 1 aromatic heterocycles. The first-order chi connectivity index (χ1) is 12.1. The quantitative estimate of drug-likeness (QED) is 0.466. The van der Waals surface area contributed by atoms with E-state index in [1.165, 1.54) is 0 Å². The van der Waals surface area contributed by atoms with Gasteiger partial charge in [0.05, 0.1) is 28.2 Å². The SMILES string of the molecule is NS(=O)(=O)c1cc(-c2cc(=O)o[nH]2)c(Nc2ccc(I)cc2Cl)cc1F. The molecule has 136 valence electrons. The van der Waals surface area contributed by atoms with Crippen molar-refractivity contribution in [2.24, 2.45) is 5.14 Å². The molecular weight excluding hydrogens is 500 g/mol. The van der Waals surface area contributed by atoms with Gasteiger partial charge in [-0.3, -0.25) is 0 Å². The van der Waals surface area contributed by atoms with Gasteiger partial charge in [0.1, 0.15) is 10.7 Å². The number of rotatable bonds is 4. The van der Waals surface area contributed by atoms with E-state index < -0.39 is 26.4 Å². The molecule has 0 unspecified atom stereocenters. The number of aromatic nitrogens is 1. The van der Waals surface area contributed by atoms with Crippen LogP contribution < -0.4 is 16.1 Å². The van der Waals surface area contributed by atoms with E-state index in [0.717, 1.165) is 21.8 Å². The molecule has 26 heavy (non-hydrogen) atoms. The van der Waals surface area contributed by atoms with Crippen LogP contribution in [0.5, 0.6) is 0 Å². The van der Waals surface area contributed by atoms with Gasteiger partial charge in [-0.2, -0.15) is 0 Å². The predicted octanol–water partition coefficient (Wildman–Crippen LogP) is 3.42. The molecule has 0 saturated carbocycles. The molecule has 0 atom stereocenters. The lowest BCUT2D eigenvalue weighted by molar-refractivity contribution is 0.394. The molecule has 0 radical (unpaired) electrons. The summed E-state index contributed by atoms with van der Waals surface area (Å²) in [6, 6.07) is 8.21. The number of nitrogens with one attached hydrogen (secondary N) is 2. The average Bonchev–Trinajstić information content (AvgIpc) is 2.95. The van der Waals surface area contributed by atoms with Crippen LogP contribution in [0.4, 0.5) is 15.8 Å². The molecule has 2 aromatic carbocycles. The molecule has 0 aliphatic carbocycles. The molecule has 0 spiro atoms. The van der Waals surface area contributed by atoms with Crippen molar-refractivity contribution in [2.75, 3.05) is 5.32 Å². The fourth-order valence-corrected chi connectivity index (χ4v) is 3.76. The summed E-state index contributed by atoms with van der Waals surface area (Å²) in [5, 5.41) is 10.7. The van der Waals surface area contributed by atoms with E-state index in [1.54, 1.807) is 18.2 Å². The number of benzene rings is 2. The van der Waals surface area contributed by atoms with E-state index in [4.69, 9.17) is 16.7 Å². The van der Waals surface area contributed by atoms with Gasteiger partial charge in [0.15, 0.2) is 0 Å². The average molecular weight is 510 g/mol. The second-order valence-corrected chi connectivity index (χ2v) is 8.39. The largest absolute Gasteiger partial charge is 0.357 e. The standard InChI is InChI=1S/C15H10ClFIN3O4S/c16-9-3-7(18)1-2-11(9)20-12-5-10(17)14(26(19,23)24)4-8(12)13-6-15(22)25-21-13/h1-6,20-21H,(H2,19,23,24). The highest BCUT2D eigenvalue weighted by Gasteiger charge is 2.20. The molecule has 0 aliphatic rings. The first-order valence-electron chi connectivity index (χ1n) is 6.92. The Balaban J connectivity index is 2.20. The summed E-state index contributed by atoms with van der Waals surface area (Å²) in [6.45, 7) is 0. The molecule has 7 nitrogen and oxygen atoms in total. The number of hydrogen-bond donors (Lipinski definition) is 3. The maximum Gasteiger partial charge on any atom is 0.357 e. The summed E-state index contributed by atoms with van der Waals surface area (Å²) in [7, 11) is -4.31. The Morgan fingerprint density at radius 3 is 2.50 bits per heavy atom. The number of aromatic amines is 1. The zero-order valence-electron chi connectivity index (χ0n) is 12.7. The Labute approximate surface area is 165 Å². The van der Waals surface area contributed by atoms with Crippen LogP contribution in [0.3, 0.4) is 0 Å². The van der Waals surface area contributed by atoms with Crippen LogP contribution in [0.25, 0.3) is 11.3 Å². The summed E-state index contributed by atoms with van der Waals surface area (Å²) >= 11 is 8.26. The molecule has 3 rings (SSSR count). The third kappa shape index (κ3) is 3.92. The third-order valence-electron chi connectivity index (χ3n) is 3.39. The number of primary sulfonamides is 1. The summed E-state index contributed by atoms with van der Waals surface area (Å²) < 4.78 is 43.0.